The fourth-order valence-corrected chi connectivity index (χ4v) is 4.25. The number of carbonyl (C=O) groups excluding carboxylic acids is 3. The minimum Gasteiger partial charge on any atom is -0.496 e. The molecular formula is C30H41NO7. The Balaban J connectivity index is 2.16. The maximum atomic E-state index is 11.9. The van der Waals surface area contributed by atoms with Gasteiger partial charge in [-0.2, -0.15) is 0 Å². The van der Waals surface area contributed by atoms with Gasteiger partial charge in [0.25, 0.3) is 0 Å². The zero-order valence-corrected chi connectivity index (χ0v) is 23.0. The monoisotopic (exact) mass is 527 g/mol. The summed E-state index contributed by atoms with van der Waals surface area (Å²) < 4.78 is 22.0. The Kier molecular flexibility index (Phi) is 12.6. The van der Waals surface area contributed by atoms with E-state index in [9.17, 15) is 14.4 Å². The second-order valence-corrected chi connectivity index (χ2v) is 9.66. The molecule has 208 valence electrons. The predicted octanol–water partition coefficient (Wildman–Crippen LogP) is 5.24. The average molecular weight is 528 g/mol. The number of methoxy groups -OCH3 is 1. The first kappa shape index (κ1) is 30.7. The molecule has 0 bridgehead atoms. The van der Waals surface area contributed by atoms with Crippen LogP contribution in [0.5, 0.6) is 11.5 Å². The van der Waals surface area contributed by atoms with E-state index in [1.54, 1.807) is 7.11 Å². The molecule has 2 rings (SSSR count). The van der Waals surface area contributed by atoms with Gasteiger partial charge in [-0.1, -0.05) is 50.5 Å². The summed E-state index contributed by atoms with van der Waals surface area (Å²) >= 11 is 0. The molecular weight excluding hydrogens is 486 g/mol. The topological polar surface area (TPSA) is 114 Å². The van der Waals surface area contributed by atoms with Crippen molar-refractivity contribution in [2.75, 3.05) is 26.9 Å². The molecule has 0 saturated heterocycles. The highest BCUT2D eigenvalue weighted by Crippen LogP contribution is 2.34. The van der Waals surface area contributed by atoms with Crippen molar-refractivity contribution in [2.45, 2.75) is 65.7 Å². The summed E-state index contributed by atoms with van der Waals surface area (Å²) in [4.78, 5) is 34.9. The number of aryl methyl sites for hydroxylation is 1. The highest BCUT2D eigenvalue weighted by atomic mass is 16.5. The lowest BCUT2D eigenvalue weighted by molar-refractivity contribution is -0.154. The molecule has 0 spiro atoms. The summed E-state index contributed by atoms with van der Waals surface area (Å²) in [5.41, 5.74) is 7.48. The van der Waals surface area contributed by atoms with Gasteiger partial charge >= 0.3 is 11.9 Å². The lowest BCUT2D eigenvalue weighted by atomic mass is 9.80. The normalized spacial score (nSPS) is 11.1. The van der Waals surface area contributed by atoms with Gasteiger partial charge in [0.05, 0.1) is 13.7 Å². The van der Waals surface area contributed by atoms with Crippen molar-refractivity contribution in [3.05, 3.63) is 48.0 Å². The van der Waals surface area contributed by atoms with Crippen molar-refractivity contribution < 1.29 is 33.3 Å². The van der Waals surface area contributed by atoms with Gasteiger partial charge in [-0.15, -0.1) is 0 Å². The Morgan fingerprint density at radius 1 is 0.868 bits per heavy atom. The van der Waals surface area contributed by atoms with Crippen molar-refractivity contribution in [1.29, 1.82) is 0 Å². The number of benzene rings is 2. The summed E-state index contributed by atoms with van der Waals surface area (Å²) in [5.74, 6) is -0.0140. The van der Waals surface area contributed by atoms with Gasteiger partial charge in [0.2, 0.25) is 5.91 Å². The lowest BCUT2D eigenvalue weighted by Crippen LogP contribution is -2.38. The molecule has 0 heterocycles. The van der Waals surface area contributed by atoms with Crippen LogP contribution in [0.25, 0.3) is 11.1 Å². The molecule has 38 heavy (non-hydrogen) atoms. The van der Waals surface area contributed by atoms with E-state index in [0.29, 0.717) is 25.2 Å². The molecule has 0 saturated carbocycles. The van der Waals surface area contributed by atoms with E-state index < -0.39 is 23.3 Å². The number of ether oxygens (including phenoxy) is 4. The van der Waals surface area contributed by atoms with Crippen molar-refractivity contribution in [2.24, 2.45) is 11.1 Å². The second kappa shape index (κ2) is 15.6. The third-order valence-corrected chi connectivity index (χ3v) is 6.38. The quantitative estimate of drug-likeness (QED) is 0.221. The molecule has 0 aliphatic heterocycles. The molecule has 0 aliphatic rings. The Morgan fingerprint density at radius 3 is 2.05 bits per heavy atom. The van der Waals surface area contributed by atoms with E-state index in [1.807, 2.05) is 42.5 Å². The van der Waals surface area contributed by atoms with Crippen molar-refractivity contribution in [3.8, 4) is 22.6 Å². The van der Waals surface area contributed by atoms with E-state index in [4.69, 9.17) is 24.7 Å². The van der Waals surface area contributed by atoms with E-state index in [0.717, 1.165) is 28.9 Å². The van der Waals surface area contributed by atoms with E-state index >= 15 is 0 Å². The number of primary amides is 1. The lowest BCUT2D eigenvalue weighted by Gasteiger charge is -2.31. The number of esters is 2. The Hall–Kier alpha value is -3.55. The molecule has 0 atom stereocenters. The van der Waals surface area contributed by atoms with Gasteiger partial charge in [0, 0.05) is 25.7 Å². The van der Waals surface area contributed by atoms with Crippen LogP contribution >= 0.6 is 0 Å². The fraction of sp³-hybridized carbons (Fsp3) is 0.500. The van der Waals surface area contributed by atoms with Crippen LogP contribution in [0.2, 0.25) is 0 Å². The van der Waals surface area contributed by atoms with Crippen molar-refractivity contribution in [3.63, 3.8) is 0 Å². The van der Waals surface area contributed by atoms with Gasteiger partial charge in [0.15, 0.2) is 0 Å². The third kappa shape index (κ3) is 10.4. The third-order valence-electron chi connectivity index (χ3n) is 6.38. The van der Waals surface area contributed by atoms with Gasteiger partial charge < -0.3 is 24.7 Å². The van der Waals surface area contributed by atoms with Crippen LogP contribution in [0, 0.1) is 5.41 Å². The van der Waals surface area contributed by atoms with Crippen LogP contribution < -0.4 is 15.2 Å². The van der Waals surface area contributed by atoms with Gasteiger partial charge in [-0.25, -0.2) is 0 Å². The zero-order chi connectivity index (χ0) is 28.0. The first-order chi connectivity index (χ1) is 18.2. The van der Waals surface area contributed by atoms with Crippen LogP contribution in [0.3, 0.4) is 0 Å². The van der Waals surface area contributed by atoms with E-state index in [2.05, 4.69) is 6.92 Å². The molecule has 8 heteroatoms. The minimum absolute atomic E-state index is 0.0913. The standard InChI is InChI=1S/C30H41NO7/c1-5-6-7-8-17-36-27-13-11-24(12-14-27)26-10-9-25(28(18-26)35-4)15-16-30(19-29(31)34,20-37-22(2)32)21-38-23(3)33/h9-14,18H,5-8,15-17,19-21H2,1-4H3,(H2,31,34). The van der Waals surface area contributed by atoms with Gasteiger partial charge in [-0.3, -0.25) is 14.4 Å². The van der Waals surface area contributed by atoms with E-state index in [-0.39, 0.29) is 19.6 Å². The summed E-state index contributed by atoms with van der Waals surface area (Å²) in [6.45, 7) is 5.30. The van der Waals surface area contributed by atoms with Crippen LogP contribution in [0.4, 0.5) is 0 Å². The molecule has 2 aromatic rings. The highest BCUT2D eigenvalue weighted by Gasteiger charge is 2.35. The Bertz CT molecular complexity index is 1030. The maximum absolute atomic E-state index is 11.9. The van der Waals surface area contributed by atoms with Crippen LogP contribution in [0.15, 0.2) is 42.5 Å². The molecule has 2 N–H and O–H groups in total. The summed E-state index contributed by atoms with van der Waals surface area (Å²) in [7, 11) is 1.60. The molecule has 1 amide bonds. The zero-order valence-electron chi connectivity index (χ0n) is 23.0. The summed E-state index contributed by atoms with van der Waals surface area (Å²) in [5, 5.41) is 0. The minimum atomic E-state index is -0.945. The van der Waals surface area contributed by atoms with E-state index in [1.165, 1.54) is 33.1 Å². The Morgan fingerprint density at radius 2 is 1.50 bits per heavy atom. The average Bonchev–Trinajstić information content (AvgIpc) is 2.89. The molecule has 0 radical (unpaired) electrons. The Labute approximate surface area is 225 Å². The molecule has 0 fully saturated rings. The predicted molar refractivity (Wildman–Crippen MR) is 146 cm³/mol. The number of hydrogen-bond acceptors (Lipinski definition) is 7. The molecule has 0 unspecified atom stereocenters. The number of unbranched alkanes of at least 4 members (excludes halogenated alkanes) is 3. The van der Waals surface area contributed by atoms with Crippen LogP contribution in [0.1, 0.15) is 64.9 Å². The first-order valence-corrected chi connectivity index (χ1v) is 13.1. The number of hydrogen-bond donors (Lipinski definition) is 1. The second-order valence-electron chi connectivity index (χ2n) is 9.66. The molecule has 8 nitrogen and oxygen atoms in total. The number of nitrogens with two attached hydrogens (primary N) is 1. The van der Waals surface area contributed by atoms with Crippen LogP contribution in [-0.2, 0) is 30.3 Å². The first-order valence-electron chi connectivity index (χ1n) is 13.1. The maximum Gasteiger partial charge on any atom is 0.302 e. The molecule has 2 aromatic carbocycles. The number of amides is 1. The molecule has 0 aliphatic carbocycles. The fourth-order valence-electron chi connectivity index (χ4n) is 4.25. The summed E-state index contributed by atoms with van der Waals surface area (Å²) in [6.07, 6.45) is 5.44. The van der Waals surface area contributed by atoms with Crippen molar-refractivity contribution in [1.82, 2.24) is 0 Å². The van der Waals surface area contributed by atoms with Gasteiger partial charge in [-0.05, 0) is 54.2 Å². The van der Waals surface area contributed by atoms with Gasteiger partial charge in [0.1, 0.15) is 24.7 Å². The summed E-state index contributed by atoms with van der Waals surface area (Å²) in [6, 6.07) is 13.9. The number of rotatable bonds is 17. The smallest absolute Gasteiger partial charge is 0.302 e. The largest absolute Gasteiger partial charge is 0.496 e. The SMILES string of the molecule is CCCCCCOc1ccc(-c2ccc(CCC(COC(C)=O)(COC(C)=O)CC(N)=O)c(OC)c2)cc1. The number of carbonyl (C=O) groups is 3. The highest BCUT2D eigenvalue weighted by molar-refractivity contribution is 5.75. The van der Waals surface area contributed by atoms with Crippen molar-refractivity contribution >= 4 is 17.8 Å². The molecule has 0 aromatic heterocycles. The van der Waals surface area contributed by atoms with Crippen LogP contribution in [-0.4, -0.2) is 44.8 Å².